The third kappa shape index (κ3) is 7.92. The normalized spacial score (nSPS) is 20.6. The van der Waals surface area contributed by atoms with Crippen molar-refractivity contribution in [2.75, 3.05) is 39.8 Å². The van der Waals surface area contributed by atoms with Crippen LogP contribution in [-0.4, -0.2) is 78.0 Å². The number of hydrogen-bond donors (Lipinski definition) is 1. The molecule has 2 aromatic rings. The Morgan fingerprint density at radius 2 is 1.81 bits per heavy atom. The van der Waals surface area contributed by atoms with Gasteiger partial charge in [0.2, 0.25) is 5.91 Å². The Morgan fingerprint density at radius 3 is 2.51 bits per heavy atom. The number of ether oxygens (including phenoxy) is 2. The lowest BCUT2D eigenvalue weighted by molar-refractivity contribution is -0.160. The van der Waals surface area contributed by atoms with E-state index in [4.69, 9.17) is 14.5 Å². The number of piperazine rings is 1. The van der Waals surface area contributed by atoms with E-state index in [2.05, 4.69) is 29.4 Å². The molecule has 3 aliphatic rings. The molecule has 1 aromatic heterocycles. The van der Waals surface area contributed by atoms with Gasteiger partial charge in [0, 0.05) is 37.1 Å². The lowest BCUT2D eigenvalue weighted by Crippen LogP contribution is -2.48. The average molecular weight is 607 g/mol. The molecule has 0 bridgehead atoms. The Morgan fingerprint density at radius 1 is 1.07 bits per heavy atom. The number of nitrogens with one attached hydrogen (secondary N) is 1. The van der Waals surface area contributed by atoms with Gasteiger partial charge in [0.25, 0.3) is 5.91 Å². The van der Waals surface area contributed by atoms with Crippen LogP contribution in [0.3, 0.4) is 0 Å². The van der Waals surface area contributed by atoms with Gasteiger partial charge in [0.05, 0.1) is 24.1 Å². The molecule has 0 spiro atoms. The van der Waals surface area contributed by atoms with Gasteiger partial charge in [-0.2, -0.15) is 0 Å². The molecule has 2 amide bonds. The molecule has 1 aliphatic heterocycles. The van der Waals surface area contributed by atoms with Crippen molar-refractivity contribution in [3.8, 4) is 17.0 Å². The van der Waals surface area contributed by atoms with E-state index >= 15 is 0 Å². The Balaban J connectivity index is 1.16. The lowest BCUT2D eigenvalue weighted by Gasteiger charge is -2.32. The van der Waals surface area contributed by atoms with Crippen LogP contribution in [0.2, 0.25) is 0 Å². The molecule has 1 atom stereocenters. The van der Waals surface area contributed by atoms with Crippen LogP contribution in [0.15, 0.2) is 52.9 Å². The monoisotopic (exact) mass is 606 g/mol. The number of thiazole rings is 1. The zero-order chi connectivity index (χ0) is 30.6. The van der Waals surface area contributed by atoms with Crippen molar-refractivity contribution >= 4 is 29.1 Å². The minimum atomic E-state index is -0.844. The molecule has 1 saturated heterocycles. The van der Waals surface area contributed by atoms with Crippen LogP contribution in [0, 0.1) is 5.41 Å². The summed E-state index contributed by atoms with van der Waals surface area (Å²) in [7, 11) is 2.06. The van der Waals surface area contributed by atoms with Crippen LogP contribution < -0.4 is 10.1 Å². The predicted molar refractivity (Wildman–Crippen MR) is 166 cm³/mol. The van der Waals surface area contributed by atoms with Crippen molar-refractivity contribution in [1.29, 1.82) is 0 Å². The molecular weight excluding hydrogens is 564 g/mol. The fourth-order valence-corrected chi connectivity index (χ4v) is 6.63. The number of benzene rings is 1. The first kappa shape index (κ1) is 30.9. The molecule has 0 radical (unpaired) electrons. The molecule has 0 saturated carbocycles. The van der Waals surface area contributed by atoms with Crippen molar-refractivity contribution in [2.45, 2.75) is 65.0 Å². The van der Waals surface area contributed by atoms with Gasteiger partial charge in [0.15, 0.2) is 6.61 Å². The van der Waals surface area contributed by atoms with E-state index in [1.54, 1.807) is 0 Å². The number of carbonyl (C=O) groups is 3. The number of hydrogen-bond acceptors (Lipinski definition) is 8. The van der Waals surface area contributed by atoms with Gasteiger partial charge >= 0.3 is 5.97 Å². The fourth-order valence-electron chi connectivity index (χ4n) is 5.88. The minimum Gasteiger partial charge on any atom is -0.484 e. The minimum absolute atomic E-state index is 0.00117. The molecular formula is C33H42N4O5S. The van der Waals surface area contributed by atoms with Crippen LogP contribution in [0.5, 0.6) is 5.75 Å². The third-order valence-corrected chi connectivity index (χ3v) is 9.02. The lowest BCUT2D eigenvalue weighted by atomic mass is 9.79. The second-order valence-corrected chi connectivity index (χ2v) is 13.7. The highest BCUT2D eigenvalue weighted by atomic mass is 32.1. The molecule has 43 heavy (non-hydrogen) atoms. The Bertz CT molecular complexity index is 1400. The second-order valence-electron chi connectivity index (χ2n) is 12.8. The molecule has 1 N–H and O–H groups in total. The van der Waals surface area contributed by atoms with Gasteiger partial charge in [0.1, 0.15) is 16.4 Å². The van der Waals surface area contributed by atoms with Crippen molar-refractivity contribution in [2.24, 2.45) is 5.41 Å². The molecule has 10 heteroatoms. The van der Waals surface area contributed by atoms with Crippen molar-refractivity contribution < 1.29 is 23.9 Å². The summed E-state index contributed by atoms with van der Waals surface area (Å²) < 4.78 is 11.4. The van der Waals surface area contributed by atoms with Gasteiger partial charge < -0.3 is 24.6 Å². The van der Waals surface area contributed by atoms with E-state index in [0.29, 0.717) is 18.6 Å². The number of nitrogens with zero attached hydrogens (tertiary/aromatic N) is 3. The Hall–Kier alpha value is -3.50. The van der Waals surface area contributed by atoms with Gasteiger partial charge in [-0.25, -0.2) is 4.98 Å². The first-order valence-corrected chi connectivity index (χ1v) is 15.9. The first-order chi connectivity index (χ1) is 20.5. The first-order valence-electron chi connectivity index (χ1n) is 15.0. The fraction of sp³-hybridized carbons (Fsp3) is 0.515. The van der Waals surface area contributed by atoms with Crippen LogP contribution in [0.1, 0.15) is 57.9 Å². The maximum atomic E-state index is 13.7. The number of carbonyl (C=O) groups excluding carboxylic acids is 3. The number of amides is 2. The summed E-state index contributed by atoms with van der Waals surface area (Å²) in [6, 6.07) is 7.53. The standard InChI is InChI=1S/C33H42N4O5S/c1-32(2,3)42-30(39)19-33(17-24-7-5-6-8-25(24)18-33)31(40)34-20-28-35-27(22-43-28)23-9-11-26(12-10-23)41-21-29(38)37-15-13-36(4)14-16-37/h5,7,9-12,22H,6,8,13-21H2,1-4H3,(H,34,40). The molecule has 9 nitrogen and oxygen atoms in total. The Kier molecular flexibility index (Phi) is 9.36. The van der Waals surface area contributed by atoms with Gasteiger partial charge in [-0.3, -0.25) is 14.4 Å². The summed E-state index contributed by atoms with van der Waals surface area (Å²) in [6.45, 7) is 9.05. The summed E-state index contributed by atoms with van der Waals surface area (Å²) in [5, 5.41) is 5.83. The molecule has 230 valence electrons. The second kappa shape index (κ2) is 13.0. The molecule has 1 aromatic carbocycles. The van der Waals surface area contributed by atoms with Crippen LogP contribution in [0.25, 0.3) is 11.3 Å². The molecule has 2 heterocycles. The summed E-state index contributed by atoms with van der Waals surface area (Å²) in [6.07, 6.45) is 7.32. The topological polar surface area (TPSA) is 101 Å². The third-order valence-electron chi connectivity index (χ3n) is 8.17. The molecule has 2 aliphatic carbocycles. The molecule has 5 rings (SSSR count). The van der Waals surface area contributed by atoms with Crippen LogP contribution >= 0.6 is 11.3 Å². The average Bonchev–Trinajstić information content (AvgIpc) is 3.59. The SMILES string of the molecule is CN1CCN(C(=O)COc2ccc(-c3csc(CNC(=O)C4(CC(=O)OC(C)(C)C)CC5=C(CCC=C5)C4)n3)cc2)CC1. The number of likely N-dealkylation sites (N-methyl/N-ethyl adjacent to an activating group) is 1. The van der Waals surface area contributed by atoms with Crippen molar-refractivity contribution in [1.82, 2.24) is 20.1 Å². The highest BCUT2D eigenvalue weighted by Crippen LogP contribution is 2.48. The van der Waals surface area contributed by atoms with Crippen molar-refractivity contribution in [3.63, 3.8) is 0 Å². The van der Waals surface area contributed by atoms with E-state index in [-0.39, 0.29) is 37.4 Å². The van der Waals surface area contributed by atoms with Gasteiger partial charge in [-0.05, 0) is 83.3 Å². The van der Waals surface area contributed by atoms with Crippen molar-refractivity contribution in [3.05, 3.63) is 58.0 Å². The zero-order valence-corrected chi connectivity index (χ0v) is 26.4. The van der Waals surface area contributed by atoms with Crippen LogP contribution in [-0.2, 0) is 25.7 Å². The summed E-state index contributed by atoms with van der Waals surface area (Å²) in [4.78, 5) is 47.8. The van der Waals surface area contributed by atoms with E-state index in [1.165, 1.54) is 22.5 Å². The summed E-state index contributed by atoms with van der Waals surface area (Å²) >= 11 is 1.48. The number of aromatic nitrogens is 1. The largest absolute Gasteiger partial charge is 0.484 e. The highest BCUT2D eigenvalue weighted by Gasteiger charge is 2.47. The van der Waals surface area contributed by atoms with Gasteiger partial charge in [-0.15, -0.1) is 11.3 Å². The zero-order valence-electron chi connectivity index (χ0n) is 25.6. The highest BCUT2D eigenvalue weighted by molar-refractivity contribution is 7.09. The number of rotatable bonds is 9. The number of allylic oxidation sites excluding steroid dienone is 4. The van der Waals surface area contributed by atoms with Gasteiger partial charge in [-0.1, -0.05) is 17.7 Å². The van der Waals surface area contributed by atoms with E-state index in [1.807, 2.05) is 55.3 Å². The van der Waals surface area contributed by atoms with Crippen LogP contribution in [0.4, 0.5) is 0 Å². The predicted octanol–water partition coefficient (Wildman–Crippen LogP) is 4.74. The van der Waals surface area contributed by atoms with E-state index in [0.717, 1.165) is 55.3 Å². The maximum Gasteiger partial charge on any atom is 0.307 e. The van der Waals surface area contributed by atoms with E-state index in [9.17, 15) is 14.4 Å². The van der Waals surface area contributed by atoms with E-state index < -0.39 is 11.0 Å². The maximum absolute atomic E-state index is 13.7. The summed E-state index contributed by atoms with van der Waals surface area (Å²) in [5.41, 5.74) is 2.73. The summed E-state index contributed by atoms with van der Waals surface area (Å²) in [5.74, 6) is 0.151. The molecule has 1 unspecified atom stereocenters. The smallest absolute Gasteiger partial charge is 0.307 e. The number of esters is 1. The Labute approximate surface area is 257 Å². The quantitative estimate of drug-likeness (QED) is 0.412. The molecule has 1 fully saturated rings.